The topological polar surface area (TPSA) is 38.3 Å². The maximum atomic E-state index is 11.3. The predicted molar refractivity (Wildman–Crippen MR) is 65.0 cm³/mol. The van der Waals surface area contributed by atoms with Crippen molar-refractivity contribution in [2.45, 2.75) is 6.42 Å². The zero-order valence-electron chi connectivity index (χ0n) is 9.48. The number of nitrogens with one attached hydrogen (secondary N) is 1. The molecular weight excluding hydrogens is 202 g/mol. The van der Waals surface area contributed by atoms with Crippen molar-refractivity contribution >= 4 is 12.0 Å². The molecule has 0 aliphatic rings. The summed E-state index contributed by atoms with van der Waals surface area (Å²) in [6.45, 7) is 1.31. The third kappa shape index (κ3) is 5.32. The van der Waals surface area contributed by atoms with Gasteiger partial charge in [0.15, 0.2) is 0 Å². The molecule has 1 N–H and O–H groups in total. The van der Waals surface area contributed by atoms with Crippen LogP contribution >= 0.6 is 0 Å². The van der Waals surface area contributed by atoms with Gasteiger partial charge in [0, 0.05) is 26.3 Å². The summed E-state index contributed by atoms with van der Waals surface area (Å²) >= 11 is 0. The molecule has 0 heterocycles. The van der Waals surface area contributed by atoms with Crippen LogP contribution in [0.5, 0.6) is 0 Å². The SMILES string of the molecule is COCCCNC(=O)/C=C/c1ccccc1. The Hall–Kier alpha value is -1.61. The van der Waals surface area contributed by atoms with Crippen molar-refractivity contribution in [1.29, 1.82) is 0 Å². The van der Waals surface area contributed by atoms with Crippen LogP contribution in [0.15, 0.2) is 36.4 Å². The molecule has 1 amide bonds. The second-order valence-corrected chi connectivity index (χ2v) is 3.38. The molecular formula is C13H17NO2. The summed E-state index contributed by atoms with van der Waals surface area (Å²) < 4.78 is 4.88. The normalized spacial score (nSPS) is 10.6. The molecule has 86 valence electrons. The lowest BCUT2D eigenvalue weighted by atomic mass is 10.2. The monoisotopic (exact) mass is 219 g/mol. The van der Waals surface area contributed by atoms with E-state index in [1.165, 1.54) is 0 Å². The van der Waals surface area contributed by atoms with Crippen molar-refractivity contribution in [2.24, 2.45) is 0 Å². The number of carbonyl (C=O) groups excluding carboxylic acids is 1. The van der Waals surface area contributed by atoms with E-state index < -0.39 is 0 Å². The zero-order chi connectivity index (χ0) is 11.6. The van der Waals surface area contributed by atoms with Gasteiger partial charge in [0.1, 0.15) is 0 Å². The Labute approximate surface area is 96.1 Å². The van der Waals surface area contributed by atoms with Crippen molar-refractivity contribution in [2.75, 3.05) is 20.3 Å². The second-order valence-electron chi connectivity index (χ2n) is 3.38. The van der Waals surface area contributed by atoms with Crippen molar-refractivity contribution < 1.29 is 9.53 Å². The molecule has 0 atom stereocenters. The largest absolute Gasteiger partial charge is 0.385 e. The maximum Gasteiger partial charge on any atom is 0.244 e. The van der Waals surface area contributed by atoms with E-state index in [2.05, 4.69) is 5.32 Å². The number of ether oxygens (including phenoxy) is 1. The van der Waals surface area contributed by atoms with Crippen LogP contribution in [-0.2, 0) is 9.53 Å². The lowest BCUT2D eigenvalue weighted by molar-refractivity contribution is -0.116. The number of hydrogen-bond acceptors (Lipinski definition) is 2. The molecule has 0 saturated heterocycles. The van der Waals surface area contributed by atoms with Crippen molar-refractivity contribution in [3.63, 3.8) is 0 Å². The summed E-state index contributed by atoms with van der Waals surface area (Å²) in [4.78, 5) is 11.3. The molecule has 0 aliphatic heterocycles. The molecule has 1 aromatic rings. The maximum absolute atomic E-state index is 11.3. The van der Waals surface area contributed by atoms with Crippen LogP contribution in [0.3, 0.4) is 0 Å². The van der Waals surface area contributed by atoms with Gasteiger partial charge in [-0.1, -0.05) is 30.3 Å². The Bertz CT molecular complexity index is 333. The molecule has 0 aliphatic carbocycles. The van der Waals surface area contributed by atoms with Crippen molar-refractivity contribution in [3.8, 4) is 0 Å². The molecule has 0 radical (unpaired) electrons. The molecule has 0 bridgehead atoms. The first kappa shape index (κ1) is 12.5. The van der Waals surface area contributed by atoms with Gasteiger partial charge in [0.25, 0.3) is 0 Å². The van der Waals surface area contributed by atoms with Crippen LogP contribution in [0.1, 0.15) is 12.0 Å². The molecule has 0 spiro atoms. The van der Waals surface area contributed by atoms with E-state index in [9.17, 15) is 4.79 Å². The molecule has 0 unspecified atom stereocenters. The van der Waals surface area contributed by atoms with Crippen LogP contribution in [0.2, 0.25) is 0 Å². The molecule has 3 nitrogen and oxygen atoms in total. The molecule has 1 aromatic carbocycles. The first-order chi connectivity index (χ1) is 7.83. The predicted octanol–water partition coefficient (Wildman–Crippen LogP) is 1.85. The van der Waals surface area contributed by atoms with E-state index >= 15 is 0 Å². The fourth-order valence-electron chi connectivity index (χ4n) is 1.22. The van der Waals surface area contributed by atoms with Gasteiger partial charge in [-0.15, -0.1) is 0 Å². The Morgan fingerprint density at radius 3 is 2.81 bits per heavy atom. The minimum absolute atomic E-state index is 0.0695. The fourth-order valence-corrected chi connectivity index (χ4v) is 1.22. The standard InChI is InChI=1S/C13H17NO2/c1-16-11-5-10-14-13(15)9-8-12-6-3-2-4-7-12/h2-4,6-9H,5,10-11H2,1H3,(H,14,15)/b9-8+. The average Bonchev–Trinajstić information content (AvgIpc) is 2.33. The second kappa shape index (κ2) is 7.65. The van der Waals surface area contributed by atoms with Gasteiger partial charge < -0.3 is 10.1 Å². The summed E-state index contributed by atoms with van der Waals surface area (Å²) in [6.07, 6.45) is 4.18. The summed E-state index contributed by atoms with van der Waals surface area (Å²) in [5.74, 6) is -0.0695. The zero-order valence-corrected chi connectivity index (χ0v) is 9.48. The first-order valence-electron chi connectivity index (χ1n) is 5.33. The quantitative estimate of drug-likeness (QED) is 0.585. The number of benzene rings is 1. The van der Waals surface area contributed by atoms with Crippen LogP contribution in [0, 0.1) is 0 Å². The minimum Gasteiger partial charge on any atom is -0.385 e. The summed E-state index contributed by atoms with van der Waals surface area (Å²) in [6, 6.07) is 9.73. The molecule has 16 heavy (non-hydrogen) atoms. The summed E-state index contributed by atoms with van der Waals surface area (Å²) in [5.41, 5.74) is 1.02. The van der Waals surface area contributed by atoms with E-state index in [1.54, 1.807) is 19.3 Å². The molecule has 1 rings (SSSR count). The molecule has 0 aromatic heterocycles. The van der Waals surface area contributed by atoms with Crippen LogP contribution in [-0.4, -0.2) is 26.2 Å². The van der Waals surface area contributed by atoms with Crippen LogP contribution in [0.25, 0.3) is 6.08 Å². The van der Waals surface area contributed by atoms with Gasteiger partial charge in [-0.05, 0) is 18.1 Å². The van der Waals surface area contributed by atoms with Gasteiger partial charge in [0.05, 0.1) is 0 Å². The highest BCUT2D eigenvalue weighted by Gasteiger charge is 1.93. The van der Waals surface area contributed by atoms with Crippen molar-refractivity contribution in [3.05, 3.63) is 42.0 Å². The summed E-state index contributed by atoms with van der Waals surface area (Å²) in [5, 5.41) is 2.78. The summed E-state index contributed by atoms with van der Waals surface area (Å²) in [7, 11) is 1.65. The van der Waals surface area contributed by atoms with Gasteiger partial charge >= 0.3 is 0 Å². The third-order valence-electron chi connectivity index (χ3n) is 2.05. The highest BCUT2D eigenvalue weighted by Crippen LogP contribution is 2.00. The number of amides is 1. The molecule has 3 heteroatoms. The first-order valence-corrected chi connectivity index (χ1v) is 5.33. The number of carbonyl (C=O) groups is 1. The highest BCUT2D eigenvalue weighted by atomic mass is 16.5. The van der Waals surface area contributed by atoms with E-state index in [-0.39, 0.29) is 5.91 Å². The van der Waals surface area contributed by atoms with E-state index in [0.29, 0.717) is 13.2 Å². The van der Waals surface area contributed by atoms with Gasteiger partial charge in [-0.2, -0.15) is 0 Å². The van der Waals surface area contributed by atoms with Crippen LogP contribution in [0.4, 0.5) is 0 Å². The number of hydrogen-bond donors (Lipinski definition) is 1. The minimum atomic E-state index is -0.0695. The Balaban J connectivity index is 2.26. The van der Waals surface area contributed by atoms with Gasteiger partial charge in [-0.25, -0.2) is 0 Å². The highest BCUT2D eigenvalue weighted by molar-refractivity contribution is 5.91. The Morgan fingerprint density at radius 1 is 1.38 bits per heavy atom. The van der Waals surface area contributed by atoms with E-state index in [4.69, 9.17) is 4.74 Å². The van der Waals surface area contributed by atoms with Gasteiger partial charge in [0.2, 0.25) is 5.91 Å². The van der Waals surface area contributed by atoms with Crippen molar-refractivity contribution in [1.82, 2.24) is 5.32 Å². The third-order valence-corrected chi connectivity index (χ3v) is 2.05. The Kier molecular flexibility index (Phi) is 5.96. The average molecular weight is 219 g/mol. The number of rotatable bonds is 6. The molecule has 0 fully saturated rings. The van der Waals surface area contributed by atoms with E-state index in [0.717, 1.165) is 12.0 Å². The fraction of sp³-hybridized carbons (Fsp3) is 0.308. The Morgan fingerprint density at radius 2 is 2.12 bits per heavy atom. The van der Waals surface area contributed by atoms with Crippen LogP contribution < -0.4 is 5.32 Å². The number of methoxy groups -OCH3 is 1. The smallest absolute Gasteiger partial charge is 0.244 e. The molecule has 0 saturated carbocycles. The lowest BCUT2D eigenvalue weighted by Crippen LogP contribution is -2.22. The lowest BCUT2D eigenvalue weighted by Gasteiger charge is -2.00. The van der Waals surface area contributed by atoms with Gasteiger partial charge in [-0.3, -0.25) is 4.79 Å². The van der Waals surface area contributed by atoms with E-state index in [1.807, 2.05) is 30.3 Å².